The lowest BCUT2D eigenvalue weighted by Crippen LogP contribution is -1.96. The van der Waals surface area contributed by atoms with Gasteiger partial charge < -0.3 is 4.74 Å². The fourth-order valence-corrected chi connectivity index (χ4v) is 1.94. The van der Waals surface area contributed by atoms with E-state index in [9.17, 15) is 0 Å². The first-order valence-electron chi connectivity index (χ1n) is 5.59. The second-order valence-corrected chi connectivity index (χ2v) is 3.80. The van der Waals surface area contributed by atoms with Gasteiger partial charge in [0, 0.05) is 24.0 Å². The van der Waals surface area contributed by atoms with Gasteiger partial charge in [0.05, 0.1) is 12.7 Å². The monoisotopic (exact) mass is 237 g/mol. The van der Waals surface area contributed by atoms with Crippen LogP contribution in [0.25, 0.3) is 22.2 Å². The van der Waals surface area contributed by atoms with Gasteiger partial charge in [-0.05, 0) is 11.5 Å². The summed E-state index contributed by atoms with van der Waals surface area (Å²) in [6.07, 6.45) is 5.22. The summed E-state index contributed by atoms with van der Waals surface area (Å²) >= 11 is 0. The van der Waals surface area contributed by atoms with E-state index < -0.39 is 0 Å². The number of pyridine rings is 1. The maximum Gasteiger partial charge on any atom is 0.224 e. The first kappa shape index (κ1) is 10.7. The molecule has 0 saturated carbocycles. The van der Waals surface area contributed by atoms with Gasteiger partial charge in [-0.25, -0.2) is 15.0 Å². The molecule has 0 fully saturated rings. The van der Waals surface area contributed by atoms with Crippen molar-refractivity contribution < 1.29 is 4.74 Å². The van der Waals surface area contributed by atoms with Crippen LogP contribution >= 0.6 is 0 Å². The van der Waals surface area contributed by atoms with Gasteiger partial charge in [0.25, 0.3) is 0 Å². The Morgan fingerprint density at radius 1 is 0.944 bits per heavy atom. The highest BCUT2D eigenvalue weighted by Crippen LogP contribution is 2.32. The number of hydrogen-bond acceptors (Lipinski definition) is 4. The van der Waals surface area contributed by atoms with Crippen LogP contribution in [0.3, 0.4) is 0 Å². The zero-order valence-corrected chi connectivity index (χ0v) is 9.87. The summed E-state index contributed by atoms with van der Waals surface area (Å²) < 4.78 is 5.32. The van der Waals surface area contributed by atoms with Crippen molar-refractivity contribution in [3.05, 3.63) is 48.9 Å². The standard InChI is InChI=1S/C14H11N3O/c1-18-14-12(13-15-7-4-8-16-13)11-6-3-2-5-10(11)9-17-14/h2-9H,1H3. The average Bonchev–Trinajstić information content (AvgIpc) is 2.47. The molecular formula is C14H11N3O. The van der Waals surface area contributed by atoms with E-state index in [1.807, 2.05) is 24.3 Å². The van der Waals surface area contributed by atoms with Gasteiger partial charge in [0.2, 0.25) is 5.88 Å². The van der Waals surface area contributed by atoms with E-state index in [1.54, 1.807) is 31.8 Å². The van der Waals surface area contributed by atoms with Crippen LogP contribution in [-0.2, 0) is 0 Å². The van der Waals surface area contributed by atoms with E-state index in [2.05, 4.69) is 15.0 Å². The molecule has 0 N–H and O–H groups in total. The number of rotatable bonds is 2. The van der Waals surface area contributed by atoms with Crippen molar-refractivity contribution in [1.29, 1.82) is 0 Å². The van der Waals surface area contributed by atoms with Crippen molar-refractivity contribution in [3.8, 4) is 17.3 Å². The van der Waals surface area contributed by atoms with Crippen LogP contribution < -0.4 is 4.74 Å². The molecule has 4 nitrogen and oxygen atoms in total. The normalized spacial score (nSPS) is 10.5. The molecule has 0 aliphatic rings. The second-order valence-electron chi connectivity index (χ2n) is 3.80. The van der Waals surface area contributed by atoms with Crippen LogP contribution in [0.5, 0.6) is 5.88 Å². The largest absolute Gasteiger partial charge is 0.480 e. The van der Waals surface area contributed by atoms with Crippen LogP contribution in [0, 0.1) is 0 Å². The molecule has 0 radical (unpaired) electrons. The summed E-state index contributed by atoms with van der Waals surface area (Å²) in [5.74, 6) is 1.17. The van der Waals surface area contributed by atoms with E-state index in [0.717, 1.165) is 16.3 Å². The fourth-order valence-electron chi connectivity index (χ4n) is 1.94. The van der Waals surface area contributed by atoms with Crippen molar-refractivity contribution in [2.24, 2.45) is 0 Å². The summed E-state index contributed by atoms with van der Waals surface area (Å²) in [5, 5.41) is 2.08. The first-order valence-corrected chi connectivity index (χ1v) is 5.59. The van der Waals surface area contributed by atoms with Crippen molar-refractivity contribution in [3.63, 3.8) is 0 Å². The Kier molecular flexibility index (Phi) is 2.61. The van der Waals surface area contributed by atoms with Crippen molar-refractivity contribution >= 4 is 10.8 Å². The number of aromatic nitrogens is 3. The third kappa shape index (κ3) is 1.68. The molecule has 88 valence electrons. The van der Waals surface area contributed by atoms with Crippen molar-refractivity contribution in [2.45, 2.75) is 0 Å². The molecular weight excluding hydrogens is 226 g/mol. The zero-order valence-electron chi connectivity index (χ0n) is 9.87. The Labute approximate surface area is 104 Å². The lowest BCUT2D eigenvalue weighted by Gasteiger charge is -2.09. The summed E-state index contributed by atoms with van der Waals surface area (Å²) in [4.78, 5) is 12.9. The summed E-state index contributed by atoms with van der Waals surface area (Å²) in [6.45, 7) is 0. The van der Waals surface area contributed by atoms with Crippen LogP contribution in [0.4, 0.5) is 0 Å². The molecule has 1 aromatic carbocycles. The highest BCUT2D eigenvalue weighted by atomic mass is 16.5. The van der Waals surface area contributed by atoms with E-state index >= 15 is 0 Å². The molecule has 3 aromatic rings. The van der Waals surface area contributed by atoms with Gasteiger partial charge in [0.1, 0.15) is 0 Å². The molecule has 4 heteroatoms. The Balaban J connectivity index is 2.38. The zero-order chi connectivity index (χ0) is 12.4. The van der Waals surface area contributed by atoms with Gasteiger partial charge in [-0.15, -0.1) is 0 Å². The van der Waals surface area contributed by atoms with Crippen LogP contribution in [0.1, 0.15) is 0 Å². The fraction of sp³-hybridized carbons (Fsp3) is 0.0714. The smallest absolute Gasteiger partial charge is 0.224 e. The minimum Gasteiger partial charge on any atom is -0.480 e. The van der Waals surface area contributed by atoms with Crippen LogP contribution in [0.2, 0.25) is 0 Å². The predicted octanol–water partition coefficient (Wildman–Crippen LogP) is 2.70. The van der Waals surface area contributed by atoms with E-state index in [0.29, 0.717) is 11.7 Å². The number of benzene rings is 1. The second kappa shape index (κ2) is 4.41. The van der Waals surface area contributed by atoms with Crippen LogP contribution in [0.15, 0.2) is 48.9 Å². The third-order valence-electron chi connectivity index (χ3n) is 2.75. The van der Waals surface area contributed by atoms with Gasteiger partial charge in [-0.3, -0.25) is 0 Å². The molecule has 0 aliphatic heterocycles. The number of hydrogen-bond donors (Lipinski definition) is 0. The maximum atomic E-state index is 5.32. The van der Waals surface area contributed by atoms with Gasteiger partial charge in [-0.1, -0.05) is 24.3 Å². The molecule has 0 atom stereocenters. The van der Waals surface area contributed by atoms with Crippen molar-refractivity contribution in [2.75, 3.05) is 7.11 Å². The lowest BCUT2D eigenvalue weighted by molar-refractivity contribution is 0.400. The lowest BCUT2D eigenvalue weighted by atomic mass is 10.1. The van der Waals surface area contributed by atoms with Gasteiger partial charge >= 0.3 is 0 Å². The summed E-state index contributed by atoms with van der Waals surface area (Å²) in [7, 11) is 1.60. The molecule has 0 bridgehead atoms. The molecule has 0 spiro atoms. The molecule has 0 saturated heterocycles. The summed E-state index contributed by atoms with van der Waals surface area (Å²) in [5.41, 5.74) is 0.830. The predicted molar refractivity (Wildman–Crippen MR) is 69.3 cm³/mol. The summed E-state index contributed by atoms with van der Waals surface area (Å²) in [6, 6.07) is 9.77. The van der Waals surface area contributed by atoms with Gasteiger partial charge in [0.15, 0.2) is 5.82 Å². The molecule has 0 aliphatic carbocycles. The first-order chi connectivity index (χ1) is 8.90. The Morgan fingerprint density at radius 3 is 2.50 bits per heavy atom. The highest BCUT2D eigenvalue weighted by Gasteiger charge is 2.13. The number of ether oxygens (including phenoxy) is 1. The van der Waals surface area contributed by atoms with Gasteiger partial charge in [-0.2, -0.15) is 0 Å². The molecule has 3 rings (SSSR count). The highest BCUT2D eigenvalue weighted by molar-refractivity contribution is 5.96. The van der Waals surface area contributed by atoms with E-state index in [4.69, 9.17) is 4.74 Å². The third-order valence-corrected chi connectivity index (χ3v) is 2.75. The molecule has 2 aromatic heterocycles. The van der Waals surface area contributed by atoms with E-state index in [1.165, 1.54) is 0 Å². The van der Waals surface area contributed by atoms with Crippen molar-refractivity contribution in [1.82, 2.24) is 15.0 Å². The average molecular weight is 237 g/mol. The SMILES string of the molecule is COc1ncc2ccccc2c1-c1ncccn1. The molecule has 18 heavy (non-hydrogen) atoms. The quantitative estimate of drug-likeness (QED) is 0.687. The molecule has 0 unspecified atom stereocenters. The number of methoxy groups -OCH3 is 1. The number of fused-ring (bicyclic) bond motifs is 1. The van der Waals surface area contributed by atoms with Crippen LogP contribution in [-0.4, -0.2) is 22.1 Å². The number of nitrogens with zero attached hydrogens (tertiary/aromatic N) is 3. The minimum absolute atomic E-state index is 0.542. The Hall–Kier alpha value is -2.49. The topological polar surface area (TPSA) is 47.9 Å². The Bertz CT molecular complexity index is 683. The Morgan fingerprint density at radius 2 is 1.72 bits per heavy atom. The minimum atomic E-state index is 0.542. The van der Waals surface area contributed by atoms with E-state index in [-0.39, 0.29) is 0 Å². The molecule has 2 heterocycles. The molecule has 0 amide bonds. The maximum absolute atomic E-state index is 5.32.